The van der Waals surface area contributed by atoms with Crippen molar-refractivity contribution in [1.82, 2.24) is 14.5 Å². The van der Waals surface area contributed by atoms with E-state index in [0.29, 0.717) is 5.95 Å². The third-order valence-corrected chi connectivity index (χ3v) is 15.4. The topological polar surface area (TPSA) is 43.9 Å². The Labute approximate surface area is 294 Å². The summed E-state index contributed by atoms with van der Waals surface area (Å²) in [6.07, 6.45) is 0. The average molecular weight is 668 g/mol. The molecule has 0 N–H and O–H groups in total. The molecule has 238 valence electrons. The molecule has 10 aromatic rings. The normalized spacial score (nSPS) is 13.3. The van der Waals surface area contributed by atoms with Gasteiger partial charge in [0.15, 0.2) is 0 Å². The van der Waals surface area contributed by atoms with E-state index in [-0.39, 0.29) is 0 Å². The van der Waals surface area contributed by atoms with E-state index >= 15 is 0 Å². The van der Waals surface area contributed by atoms with Crippen molar-refractivity contribution in [3.8, 4) is 28.3 Å². The van der Waals surface area contributed by atoms with E-state index in [2.05, 4.69) is 168 Å². The van der Waals surface area contributed by atoms with Crippen LogP contribution in [0.25, 0.3) is 72.1 Å². The lowest BCUT2D eigenvalue weighted by Gasteiger charge is -2.30. The first-order chi connectivity index (χ1) is 25.3. The summed E-state index contributed by atoms with van der Waals surface area (Å²) in [5.41, 5.74) is 8.24. The standard InChI is InChI=1S/C46H29N3OSi/c1-4-16-30(17-5-1)44-43-35-24-12-15-27-40(35)51(31-18-6-2-7-19-31,32-20-8-3-9-21-32)45(43)48-46(47-44)49-36-25-13-10-22-33(36)41-37(49)28-29-39-42(41)34-23-11-14-26-38(34)50-39/h1-29H. The fourth-order valence-corrected chi connectivity index (χ4v) is 13.6. The summed E-state index contributed by atoms with van der Waals surface area (Å²) >= 11 is 0. The van der Waals surface area contributed by atoms with Crippen molar-refractivity contribution in [2.75, 3.05) is 0 Å². The predicted molar refractivity (Wildman–Crippen MR) is 212 cm³/mol. The molecule has 5 heteroatoms. The number of furan rings is 1. The number of fused-ring (bicyclic) bond motifs is 10. The molecule has 7 aromatic carbocycles. The minimum atomic E-state index is -2.92. The van der Waals surface area contributed by atoms with Gasteiger partial charge < -0.3 is 4.42 Å². The second-order valence-corrected chi connectivity index (χ2v) is 16.9. The molecule has 0 saturated carbocycles. The van der Waals surface area contributed by atoms with E-state index in [1.165, 1.54) is 21.1 Å². The Hall–Kier alpha value is -6.56. The molecule has 0 saturated heterocycles. The SMILES string of the molecule is c1ccc(-c2nc(-n3c4ccccc4c4c5c(ccc43)oc3ccccc35)nc3c2-c2ccccc2[Si]3(c2ccccc2)c2ccccc2)cc1. The maximum atomic E-state index is 6.39. The molecule has 0 unspecified atom stereocenters. The summed E-state index contributed by atoms with van der Waals surface area (Å²) in [4.78, 5) is 11.4. The van der Waals surface area contributed by atoms with Crippen molar-refractivity contribution in [2.24, 2.45) is 0 Å². The molecule has 1 aliphatic heterocycles. The van der Waals surface area contributed by atoms with Crippen molar-refractivity contribution >= 4 is 72.7 Å². The van der Waals surface area contributed by atoms with E-state index < -0.39 is 8.07 Å². The van der Waals surface area contributed by atoms with Crippen molar-refractivity contribution < 1.29 is 4.42 Å². The number of nitrogens with zero attached hydrogens (tertiary/aromatic N) is 3. The molecule has 1 aliphatic rings. The summed E-state index contributed by atoms with van der Waals surface area (Å²) in [6, 6.07) is 62.9. The van der Waals surface area contributed by atoms with Crippen molar-refractivity contribution in [1.29, 1.82) is 0 Å². The number of hydrogen-bond acceptors (Lipinski definition) is 3. The average Bonchev–Trinajstić information content (AvgIpc) is 3.85. The first-order valence-corrected chi connectivity index (χ1v) is 19.3. The van der Waals surface area contributed by atoms with Gasteiger partial charge in [-0.05, 0) is 45.4 Å². The molecule has 0 fully saturated rings. The van der Waals surface area contributed by atoms with Gasteiger partial charge in [0.1, 0.15) is 11.2 Å². The van der Waals surface area contributed by atoms with Crippen LogP contribution in [0.4, 0.5) is 0 Å². The highest BCUT2D eigenvalue weighted by Crippen LogP contribution is 2.42. The maximum Gasteiger partial charge on any atom is 0.235 e. The van der Waals surface area contributed by atoms with E-state index in [0.717, 1.165) is 65.9 Å². The second kappa shape index (κ2) is 10.7. The largest absolute Gasteiger partial charge is 0.456 e. The Morgan fingerprint density at radius 3 is 1.86 bits per heavy atom. The molecule has 0 aliphatic carbocycles. The van der Waals surface area contributed by atoms with Crippen LogP contribution in [0, 0.1) is 0 Å². The predicted octanol–water partition coefficient (Wildman–Crippen LogP) is 8.50. The molecule has 4 heterocycles. The third-order valence-electron chi connectivity index (χ3n) is 10.7. The highest BCUT2D eigenvalue weighted by molar-refractivity contribution is 7.21. The minimum absolute atomic E-state index is 0.669. The zero-order valence-corrected chi connectivity index (χ0v) is 28.5. The van der Waals surface area contributed by atoms with Crippen LogP contribution in [0.15, 0.2) is 180 Å². The van der Waals surface area contributed by atoms with E-state index in [1.807, 2.05) is 12.1 Å². The van der Waals surface area contributed by atoms with E-state index in [9.17, 15) is 0 Å². The zero-order chi connectivity index (χ0) is 33.5. The highest BCUT2D eigenvalue weighted by atomic mass is 28.3. The molecule has 0 spiro atoms. The Morgan fingerprint density at radius 1 is 0.471 bits per heavy atom. The number of hydrogen-bond donors (Lipinski definition) is 0. The molecule has 51 heavy (non-hydrogen) atoms. The smallest absolute Gasteiger partial charge is 0.235 e. The molecule has 0 amide bonds. The highest BCUT2D eigenvalue weighted by Gasteiger charge is 2.51. The Kier molecular flexibility index (Phi) is 5.95. The van der Waals surface area contributed by atoms with Gasteiger partial charge in [-0.1, -0.05) is 152 Å². The zero-order valence-electron chi connectivity index (χ0n) is 27.5. The quantitative estimate of drug-likeness (QED) is 0.177. The van der Waals surface area contributed by atoms with Crippen LogP contribution in [-0.2, 0) is 0 Å². The molecular weight excluding hydrogens is 639 g/mol. The summed E-state index contributed by atoms with van der Waals surface area (Å²) < 4.78 is 8.66. The van der Waals surface area contributed by atoms with Crippen LogP contribution >= 0.6 is 0 Å². The van der Waals surface area contributed by atoms with Gasteiger partial charge in [0, 0.05) is 32.7 Å². The lowest BCUT2D eigenvalue weighted by molar-refractivity contribution is 0.669. The lowest BCUT2D eigenvalue weighted by atomic mass is 10.0. The van der Waals surface area contributed by atoms with Crippen molar-refractivity contribution in [3.63, 3.8) is 0 Å². The molecule has 0 bridgehead atoms. The first-order valence-electron chi connectivity index (χ1n) is 17.3. The Bertz CT molecular complexity index is 2930. The van der Waals surface area contributed by atoms with Crippen LogP contribution in [0.5, 0.6) is 0 Å². The summed E-state index contributed by atoms with van der Waals surface area (Å²) in [7, 11) is -2.92. The van der Waals surface area contributed by atoms with Gasteiger partial charge in [0.25, 0.3) is 0 Å². The van der Waals surface area contributed by atoms with Gasteiger partial charge in [0.2, 0.25) is 14.0 Å². The van der Waals surface area contributed by atoms with E-state index in [4.69, 9.17) is 14.4 Å². The lowest BCUT2D eigenvalue weighted by Crippen LogP contribution is -2.73. The summed E-state index contributed by atoms with van der Waals surface area (Å²) in [6.45, 7) is 0. The van der Waals surface area contributed by atoms with Gasteiger partial charge >= 0.3 is 0 Å². The monoisotopic (exact) mass is 667 g/mol. The number of aromatic nitrogens is 3. The molecule has 0 atom stereocenters. The molecule has 11 rings (SSSR count). The van der Waals surface area contributed by atoms with Crippen LogP contribution in [0.3, 0.4) is 0 Å². The van der Waals surface area contributed by atoms with Crippen LogP contribution in [-0.4, -0.2) is 22.6 Å². The third kappa shape index (κ3) is 3.84. The first kappa shape index (κ1) is 28.3. The fourth-order valence-electron chi connectivity index (χ4n) is 8.65. The van der Waals surface area contributed by atoms with Gasteiger partial charge in [0.05, 0.1) is 22.0 Å². The Morgan fingerprint density at radius 2 is 1.10 bits per heavy atom. The second-order valence-electron chi connectivity index (χ2n) is 13.3. The molecule has 3 aromatic heterocycles. The number of benzene rings is 7. The van der Waals surface area contributed by atoms with Gasteiger partial charge in [-0.2, -0.15) is 0 Å². The van der Waals surface area contributed by atoms with E-state index in [1.54, 1.807) is 0 Å². The maximum absolute atomic E-state index is 6.39. The van der Waals surface area contributed by atoms with Crippen molar-refractivity contribution in [2.45, 2.75) is 0 Å². The minimum Gasteiger partial charge on any atom is -0.456 e. The van der Waals surface area contributed by atoms with Gasteiger partial charge in [-0.25, -0.2) is 9.97 Å². The van der Waals surface area contributed by atoms with Crippen LogP contribution in [0.1, 0.15) is 0 Å². The molecular formula is C46H29N3OSi. The molecule has 0 radical (unpaired) electrons. The van der Waals surface area contributed by atoms with Crippen molar-refractivity contribution in [3.05, 3.63) is 176 Å². The van der Waals surface area contributed by atoms with Gasteiger partial charge in [-0.3, -0.25) is 4.57 Å². The summed E-state index contributed by atoms with van der Waals surface area (Å²) in [5.74, 6) is 0.669. The Balaban J connectivity index is 1.33. The molecule has 4 nitrogen and oxygen atoms in total. The fraction of sp³-hybridized carbons (Fsp3) is 0. The number of para-hydroxylation sites is 2. The van der Waals surface area contributed by atoms with Crippen LogP contribution < -0.4 is 20.9 Å². The summed E-state index contributed by atoms with van der Waals surface area (Å²) in [5, 5.41) is 9.59. The van der Waals surface area contributed by atoms with Crippen LogP contribution in [0.2, 0.25) is 0 Å². The number of rotatable bonds is 4. The van der Waals surface area contributed by atoms with Gasteiger partial charge in [-0.15, -0.1) is 0 Å².